The first-order valence-electron chi connectivity index (χ1n) is 8.49. The largest absolute Gasteiger partial charge is 0.355 e. The van der Waals surface area contributed by atoms with Crippen molar-refractivity contribution in [2.24, 2.45) is 0 Å². The van der Waals surface area contributed by atoms with E-state index in [-0.39, 0.29) is 0 Å². The Kier molecular flexibility index (Phi) is 5.11. The van der Waals surface area contributed by atoms with Crippen molar-refractivity contribution in [3.8, 4) is 0 Å². The Morgan fingerprint density at radius 1 is 1.00 bits per heavy atom. The highest BCUT2D eigenvalue weighted by atomic mass is 15.0. The molecule has 0 unspecified atom stereocenters. The summed E-state index contributed by atoms with van der Waals surface area (Å²) in [5.41, 5.74) is 5.68. The van der Waals surface area contributed by atoms with Gasteiger partial charge in [-0.25, -0.2) is 0 Å². The topological polar surface area (TPSA) is 28.2 Å². The number of anilines is 2. The molecule has 124 valence electrons. The van der Waals surface area contributed by atoms with Crippen molar-refractivity contribution in [3.05, 3.63) is 65.9 Å². The summed E-state index contributed by atoms with van der Waals surface area (Å²) in [6.45, 7) is 3.15. The molecule has 1 heterocycles. The summed E-state index contributed by atoms with van der Waals surface area (Å²) in [5.74, 6) is 0. The van der Waals surface area contributed by atoms with Gasteiger partial charge in [0.15, 0.2) is 0 Å². The van der Waals surface area contributed by atoms with Crippen molar-refractivity contribution < 1.29 is 0 Å². The molecule has 0 radical (unpaired) electrons. The molecule has 1 N–H and O–H groups in total. The summed E-state index contributed by atoms with van der Waals surface area (Å²) in [7, 11) is 4.24. The van der Waals surface area contributed by atoms with Gasteiger partial charge in [-0.15, -0.1) is 0 Å². The molecule has 0 aliphatic carbocycles. The van der Waals surface area contributed by atoms with Crippen LogP contribution in [0.5, 0.6) is 0 Å². The number of rotatable bonds is 6. The minimum atomic E-state index is 1.03. The average Bonchev–Trinajstić information content (AvgIpc) is 2.55. The smallest absolute Gasteiger partial charge is 0.0726 e. The number of hydrogen-bond donors (Lipinski definition) is 1. The van der Waals surface area contributed by atoms with Crippen LogP contribution in [0.1, 0.15) is 17.7 Å². The standard InChI is InChI=1S/C21H25N3/c1-16-14-21(19-11-4-5-12-20(19)22-16)23-18-10-6-8-17(15-18)9-7-13-24(2)3/h4-6,8,10-12,14-15H,7,9,13H2,1-3H3,(H,22,23). The maximum atomic E-state index is 4.61. The normalized spacial score (nSPS) is 11.2. The second-order valence-electron chi connectivity index (χ2n) is 6.56. The fraction of sp³-hybridized carbons (Fsp3) is 0.286. The molecule has 1 aromatic heterocycles. The molecule has 3 heteroatoms. The number of para-hydroxylation sites is 1. The molecule has 3 nitrogen and oxygen atoms in total. The van der Waals surface area contributed by atoms with Gasteiger partial charge in [0, 0.05) is 22.5 Å². The Morgan fingerprint density at radius 3 is 2.67 bits per heavy atom. The molecule has 0 spiro atoms. The predicted molar refractivity (Wildman–Crippen MR) is 103 cm³/mol. The first-order valence-corrected chi connectivity index (χ1v) is 8.49. The predicted octanol–water partition coefficient (Wildman–Crippen LogP) is 4.78. The Labute approximate surface area is 144 Å². The van der Waals surface area contributed by atoms with Crippen molar-refractivity contribution in [2.45, 2.75) is 19.8 Å². The number of nitrogens with one attached hydrogen (secondary N) is 1. The van der Waals surface area contributed by atoms with E-state index < -0.39 is 0 Å². The summed E-state index contributed by atoms with van der Waals surface area (Å²) in [6.07, 6.45) is 2.28. The first-order chi connectivity index (χ1) is 11.6. The number of hydrogen-bond acceptors (Lipinski definition) is 3. The van der Waals surface area contributed by atoms with Gasteiger partial charge in [-0.3, -0.25) is 4.98 Å². The van der Waals surface area contributed by atoms with Crippen molar-refractivity contribution in [3.63, 3.8) is 0 Å². The van der Waals surface area contributed by atoms with Gasteiger partial charge in [0.25, 0.3) is 0 Å². The van der Waals surface area contributed by atoms with Crippen LogP contribution >= 0.6 is 0 Å². The van der Waals surface area contributed by atoms with Gasteiger partial charge in [0.1, 0.15) is 0 Å². The molecule has 2 aromatic carbocycles. The number of fused-ring (bicyclic) bond motifs is 1. The Bertz CT molecular complexity index is 824. The van der Waals surface area contributed by atoms with Crippen LogP contribution in [0.2, 0.25) is 0 Å². The van der Waals surface area contributed by atoms with E-state index in [0.717, 1.165) is 40.9 Å². The van der Waals surface area contributed by atoms with Crippen LogP contribution in [0.15, 0.2) is 54.6 Å². The van der Waals surface area contributed by atoms with Crippen molar-refractivity contribution in [1.82, 2.24) is 9.88 Å². The Hall–Kier alpha value is -2.39. The second-order valence-corrected chi connectivity index (χ2v) is 6.56. The van der Waals surface area contributed by atoms with Gasteiger partial charge >= 0.3 is 0 Å². The molecule has 0 atom stereocenters. The molecule has 24 heavy (non-hydrogen) atoms. The van der Waals surface area contributed by atoms with E-state index in [1.165, 1.54) is 12.0 Å². The number of pyridine rings is 1. The molecule has 0 fully saturated rings. The summed E-state index contributed by atoms with van der Waals surface area (Å²) in [6, 6.07) is 19.1. The van der Waals surface area contributed by atoms with E-state index in [0.29, 0.717) is 0 Å². The third kappa shape index (κ3) is 4.12. The molecule has 0 aliphatic heterocycles. The van der Waals surface area contributed by atoms with Crippen LogP contribution in [-0.4, -0.2) is 30.5 Å². The van der Waals surface area contributed by atoms with Gasteiger partial charge in [-0.05, 0) is 70.2 Å². The third-order valence-electron chi connectivity index (χ3n) is 4.12. The van der Waals surface area contributed by atoms with E-state index in [9.17, 15) is 0 Å². The third-order valence-corrected chi connectivity index (χ3v) is 4.12. The maximum Gasteiger partial charge on any atom is 0.0726 e. The van der Waals surface area contributed by atoms with E-state index in [2.05, 4.69) is 77.8 Å². The van der Waals surface area contributed by atoms with Gasteiger partial charge in [-0.1, -0.05) is 30.3 Å². The van der Waals surface area contributed by atoms with Crippen molar-refractivity contribution >= 4 is 22.3 Å². The number of benzene rings is 2. The maximum absolute atomic E-state index is 4.61. The number of aromatic nitrogens is 1. The Balaban J connectivity index is 1.81. The van der Waals surface area contributed by atoms with Crippen LogP contribution in [0.3, 0.4) is 0 Å². The van der Waals surface area contributed by atoms with Crippen LogP contribution in [-0.2, 0) is 6.42 Å². The van der Waals surface area contributed by atoms with Gasteiger partial charge < -0.3 is 10.2 Å². The average molecular weight is 319 g/mol. The van der Waals surface area contributed by atoms with Gasteiger partial charge in [0.2, 0.25) is 0 Å². The summed E-state index contributed by atoms with van der Waals surface area (Å²) in [5, 5.41) is 4.73. The van der Waals surface area contributed by atoms with Crippen LogP contribution in [0.4, 0.5) is 11.4 Å². The SMILES string of the molecule is Cc1cc(Nc2cccc(CCCN(C)C)c2)c2ccccc2n1. The highest BCUT2D eigenvalue weighted by molar-refractivity contribution is 5.93. The van der Waals surface area contributed by atoms with Crippen molar-refractivity contribution in [2.75, 3.05) is 26.0 Å². The molecule has 0 bridgehead atoms. The molecule has 3 rings (SSSR count). The van der Waals surface area contributed by atoms with Crippen LogP contribution in [0, 0.1) is 6.92 Å². The molecule has 0 saturated heterocycles. The van der Waals surface area contributed by atoms with E-state index in [1.807, 2.05) is 13.0 Å². The zero-order valence-corrected chi connectivity index (χ0v) is 14.7. The van der Waals surface area contributed by atoms with E-state index in [4.69, 9.17) is 0 Å². The Morgan fingerprint density at radius 2 is 1.83 bits per heavy atom. The highest BCUT2D eigenvalue weighted by Gasteiger charge is 2.05. The van der Waals surface area contributed by atoms with Gasteiger partial charge in [0.05, 0.1) is 5.52 Å². The molecule has 0 saturated carbocycles. The first kappa shape index (κ1) is 16.5. The number of nitrogens with zero attached hydrogens (tertiary/aromatic N) is 2. The summed E-state index contributed by atoms with van der Waals surface area (Å²) < 4.78 is 0. The lowest BCUT2D eigenvalue weighted by molar-refractivity contribution is 0.400. The number of aryl methyl sites for hydroxylation is 2. The monoisotopic (exact) mass is 319 g/mol. The lowest BCUT2D eigenvalue weighted by Gasteiger charge is -2.13. The second kappa shape index (κ2) is 7.45. The minimum Gasteiger partial charge on any atom is -0.355 e. The van der Waals surface area contributed by atoms with E-state index in [1.54, 1.807) is 0 Å². The minimum absolute atomic E-state index is 1.03. The lowest BCUT2D eigenvalue weighted by Crippen LogP contribution is -2.13. The van der Waals surface area contributed by atoms with Gasteiger partial charge in [-0.2, -0.15) is 0 Å². The van der Waals surface area contributed by atoms with E-state index >= 15 is 0 Å². The fourth-order valence-electron chi connectivity index (χ4n) is 2.97. The molecular weight excluding hydrogens is 294 g/mol. The fourth-order valence-corrected chi connectivity index (χ4v) is 2.97. The molecule has 0 aliphatic rings. The van der Waals surface area contributed by atoms with Crippen LogP contribution in [0.25, 0.3) is 10.9 Å². The van der Waals surface area contributed by atoms with Crippen LogP contribution < -0.4 is 5.32 Å². The quantitative estimate of drug-likeness (QED) is 0.708. The zero-order chi connectivity index (χ0) is 16.9. The zero-order valence-electron chi connectivity index (χ0n) is 14.7. The summed E-state index contributed by atoms with van der Waals surface area (Å²) >= 11 is 0. The summed E-state index contributed by atoms with van der Waals surface area (Å²) in [4.78, 5) is 6.84. The lowest BCUT2D eigenvalue weighted by atomic mass is 10.1. The highest BCUT2D eigenvalue weighted by Crippen LogP contribution is 2.26. The molecular formula is C21H25N3. The molecule has 3 aromatic rings. The van der Waals surface area contributed by atoms with Crippen molar-refractivity contribution in [1.29, 1.82) is 0 Å². The molecule has 0 amide bonds.